The van der Waals surface area contributed by atoms with Crippen molar-refractivity contribution < 1.29 is 28.0 Å². The number of carbonyl (C=O) groups is 2. The van der Waals surface area contributed by atoms with Gasteiger partial charge in [-0.05, 0) is 72.1 Å². The zero-order valence-electron chi connectivity index (χ0n) is 19.5. The van der Waals surface area contributed by atoms with Crippen LogP contribution in [0.2, 0.25) is 0 Å². The molecular weight excluding hydrogens is 402 g/mol. The number of hydrogen-bond acceptors (Lipinski definition) is 5. The van der Waals surface area contributed by atoms with Gasteiger partial charge in [-0.2, -0.15) is 0 Å². The second-order valence-corrected chi connectivity index (χ2v) is 10.1. The first-order chi connectivity index (χ1) is 14.2. The van der Waals surface area contributed by atoms with Gasteiger partial charge < -0.3 is 23.8 Å². The molecule has 0 N–H and O–H groups in total. The number of piperazine rings is 1. The van der Waals surface area contributed by atoms with E-state index in [4.69, 9.17) is 14.0 Å². The van der Waals surface area contributed by atoms with Crippen LogP contribution in [0.4, 0.5) is 9.18 Å². The largest absolute Gasteiger partial charge is 0.494 e. The highest BCUT2D eigenvalue weighted by molar-refractivity contribution is 6.62. The molecule has 2 fully saturated rings. The molecular formula is C22H32BFN2O5. The molecule has 31 heavy (non-hydrogen) atoms. The Morgan fingerprint density at radius 3 is 2.00 bits per heavy atom. The van der Waals surface area contributed by atoms with Crippen LogP contribution < -0.4 is 5.46 Å². The molecule has 2 saturated heterocycles. The molecule has 9 heteroatoms. The van der Waals surface area contributed by atoms with Crippen LogP contribution in [0.25, 0.3) is 0 Å². The SMILES string of the molecule is CC(C)(C)OC(=O)N1CCN(C(=O)c2cc(F)cc(B3OC(C)(C)C(C)(C)O3)c2)CC1. The summed E-state index contributed by atoms with van der Waals surface area (Å²) in [6.45, 7) is 14.5. The minimum absolute atomic E-state index is 0.232. The fourth-order valence-corrected chi connectivity index (χ4v) is 3.45. The third-order valence-electron chi connectivity index (χ3n) is 5.91. The number of rotatable bonds is 2. The molecule has 1 aromatic carbocycles. The molecule has 0 radical (unpaired) electrons. The first-order valence-electron chi connectivity index (χ1n) is 10.6. The molecule has 1 aromatic rings. The minimum Gasteiger partial charge on any atom is -0.444 e. The summed E-state index contributed by atoms with van der Waals surface area (Å²) in [6.07, 6.45) is -0.395. The number of hydrogen-bond donors (Lipinski definition) is 0. The van der Waals surface area contributed by atoms with Crippen molar-refractivity contribution in [2.75, 3.05) is 26.2 Å². The van der Waals surface area contributed by atoms with Crippen molar-refractivity contribution in [2.24, 2.45) is 0 Å². The summed E-state index contributed by atoms with van der Waals surface area (Å²) in [7, 11) is -0.753. The lowest BCUT2D eigenvalue weighted by atomic mass is 9.78. The monoisotopic (exact) mass is 434 g/mol. The molecule has 0 bridgehead atoms. The summed E-state index contributed by atoms with van der Waals surface area (Å²) in [5.74, 6) is -0.816. The standard InChI is InChI=1S/C22H32BFN2O5/c1-20(2,3)29-19(28)26-10-8-25(9-11-26)18(27)15-12-16(14-17(24)13-15)23-30-21(4,5)22(6,7)31-23/h12-14H,8-11H2,1-7H3. The first-order valence-corrected chi connectivity index (χ1v) is 10.6. The van der Waals surface area contributed by atoms with E-state index in [-0.39, 0.29) is 11.5 Å². The van der Waals surface area contributed by atoms with Gasteiger partial charge in [0.25, 0.3) is 5.91 Å². The summed E-state index contributed by atoms with van der Waals surface area (Å²) < 4.78 is 31.7. The number of benzene rings is 1. The number of nitrogens with zero attached hydrogens (tertiary/aromatic N) is 2. The molecule has 2 amide bonds. The van der Waals surface area contributed by atoms with Crippen LogP contribution in [0.15, 0.2) is 18.2 Å². The van der Waals surface area contributed by atoms with E-state index in [0.717, 1.165) is 0 Å². The Kier molecular flexibility index (Phi) is 6.14. The van der Waals surface area contributed by atoms with Crippen molar-refractivity contribution in [3.63, 3.8) is 0 Å². The van der Waals surface area contributed by atoms with Gasteiger partial charge >= 0.3 is 13.2 Å². The molecule has 2 aliphatic rings. The van der Waals surface area contributed by atoms with Crippen LogP contribution in [0, 0.1) is 5.82 Å². The Morgan fingerprint density at radius 1 is 0.968 bits per heavy atom. The summed E-state index contributed by atoms with van der Waals surface area (Å²) in [5, 5.41) is 0. The minimum atomic E-state index is -0.753. The maximum Gasteiger partial charge on any atom is 0.494 e. The van der Waals surface area contributed by atoms with Crippen LogP contribution in [-0.4, -0.2) is 71.9 Å². The molecule has 2 aliphatic heterocycles. The van der Waals surface area contributed by atoms with E-state index in [0.29, 0.717) is 31.6 Å². The molecule has 7 nitrogen and oxygen atoms in total. The predicted molar refractivity (Wildman–Crippen MR) is 116 cm³/mol. The average molecular weight is 434 g/mol. The van der Waals surface area contributed by atoms with E-state index in [2.05, 4.69) is 0 Å². The van der Waals surface area contributed by atoms with Crippen LogP contribution in [0.3, 0.4) is 0 Å². The Bertz CT molecular complexity index is 844. The highest BCUT2D eigenvalue weighted by atomic mass is 19.1. The summed E-state index contributed by atoms with van der Waals surface area (Å²) in [5.41, 5.74) is -1.00. The van der Waals surface area contributed by atoms with Crippen molar-refractivity contribution in [2.45, 2.75) is 65.3 Å². The molecule has 0 unspecified atom stereocenters. The van der Waals surface area contributed by atoms with E-state index >= 15 is 0 Å². The Balaban J connectivity index is 1.69. The van der Waals surface area contributed by atoms with Crippen LogP contribution in [0.1, 0.15) is 58.8 Å². The van der Waals surface area contributed by atoms with Crippen molar-refractivity contribution in [1.29, 1.82) is 0 Å². The molecule has 0 spiro atoms. The van der Waals surface area contributed by atoms with Gasteiger partial charge in [0.2, 0.25) is 0 Å². The Morgan fingerprint density at radius 2 is 1.48 bits per heavy atom. The number of halogens is 1. The third-order valence-corrected chi connectivity index (χ3v) is 5.91. The zero-order chi connectivity index (χ0) is 23.2. The average Bonchev–Trinajstić information content (AvgIpc) is 2.87. The van der Waals surface area contributed by atoms with Crippen LogP contribution >= 0.6 is 0 Å². The van der Waals surface area contributed by atoms with E-state index in [1.165, 1.54) is 12.1 Å². The molecule has 0 atom stereocenters. The van der Waals surface area contributed by atoms with Crippen molar-refractivity contribution in [3.05, 3.63) is 29.6 Å². The molecule has 170 valence electrons. The molecule has 3 rings (SSSR count). The number of amides is 2. The van der Waals surface area contributed by atoms with Gasteiger partial charge in [0, 0.05) is 31.7 Å². The summed E-state index contributed by atoms with van der Waals surface area (Å²) in [6, 6.07) is 4.17. The topological polar surface area (TPSA) is 68.3 Å². The first kappa shape index (κ1) is 23.5. The summed E-state index contributed by atoms with van der Waals surface area (Å²) in [4.78, 5) is 28.4. The van der Waals surface area contributed by atoms with E-state index in [1.807, 2.05) is 48.5 Å². The summed E-state index contributed by atoms with van der Waals surface area (Å²) >= 11 is 0. The van der Waals surface area contributed by atoms with Gasteiger partial charge in [-0.1, -0.05) is 0 Å². The van der Waals surface area contributed by atoms with Crippen LogP contribution in [-0.2, 0) is 14.0 Å². The smallest absolute Gasteiger partial charge is 0.444 e. The third kappa shape index (κ3) is 5.21. The molecule has 2 heterocycles. The molecule has 0 aliphatic carbocycles. The Hall–Kier alpha value is -2.13. The van der Waals surface area contributed by atoms with Gasteiger partial charge in [0.15, 0.2) is 0 Å². The quantitative estimate of drug-likeness (QED) is 0.670. The normalized spacial score (nSPS) is 20.7. The zero-order valence-corrected chi connectivity index (χ0v) is 19.5. The Labute approximate surface area is 184 Å². The van der Waals surface area contributed by atoms with Crippen molar-refractivity contribution in [3.8, 4) is 0 Å². The maximum atomic E-state index is 14.4. The predicted octanol–water partition coefficient (Wildman–Crippen LogP) is 2.82. The fourth-order valence-electron chi connectivity index (χ4n) is 3.45. The van der Waals surface area contributed by atoms with Gasteiger partial charge in [0.05, 0.1) is 11.2 Å². The maximum absolute atomic E-state index is 14.4. The van der Waals surface area contributed by atoms with Gasteiger partial charge in [-0.15, -0.1) is 0 Å². The number of ether oxygens (including phenoxy) is 1. The van der Waals surface area contributed by atoms with Gasteiger partial charge in [0.1, 0.15) is 11.4 Å². The van der Waals surface area contributed by atoms with Crippen LogP contribution in [0.5, 0.6) is 0 Å². The molecule has 0 saturated carbocycles. The highest BCUT2D eigenvalue weighted by Gasteiger charge is 2.52. The lowest BCUT2D eigenvalue weighted by Gasteiger charge is -2.35. The van der Waals surface area contributed by atoms with E-state index in [1.54, 1.807) is 15.9 Å². The fraction of sp³-hybridized carbons (Fsp3) is 0.636. The number of carbonyl (C=O) groups excluding carboxylic acids is 2. The van der Waals surface area contributed by atoms with Gasteiger partial charge in [-0.25, -0.2) is 9.18 Å². The molecule has 0 aromatic heterocycles. The van der Waals surface area contributed by atoms with Gasteiger partial charge in [-0.3, -0.25) is 4.79 Å². The van der Waals surface area contributed by atoms with E-state index < -0.39 is 35.8 Å². The highest BCUT2D eigenvalue weighted by Crippen LogP contribution is 2.36. The van der Waals surface area contributed by atoms with Crippen molar-refractivity contribution in [1.82, 2.24) is 9.80 Å². The van der Waals surface area contributed by atoms with Crippen molar-refractivity contribution >= 4 is 24.6 Å². The van der Waals surface area contributed by atoms with E-state index in [9.17, 15) is 14.0 Å². The second kappa shape index (κ2) is 8.09. The lowest BCUT2D eigenvalue weighted by molar-refractivity contribution is 0.00578. The second-order valence-electron chi connectivity index (χ2n) is 10.1. The lowest BCUT2D eigenvalue weighted by Crippen LogP contribution is -2.51.